The van der Waals surface area contributed by atoms with Gasteiger partial charge >= 0.3 is 21.0 Å². The van der Waals surface area contributed by atoms with Crippen molar-refractivity contribution in [2.24, 2.45) is 0 Å². The molecule has 0 aromatic carbocycles. The van der Waals surface area contributed by atoms with E-state index in [0.29, 0.717) is 13.2 Å². The first-order valence-corrected chi connectivity index (χ1v) is 3.22. The maximum absolute atomic E-state index is 8.19. The molecule has 9 heavy (non-hydrogen) atoms. The first-order valence-electron chi connectivity index (χ1n) is 2.65. The molecule has 0 unspecified atom stereocenters. The predicted octanol–water partition coefficient (Wildman–Crippen LogP) is 1.06. The molecular formula is C5H11O3V-. The molecule has 0 aliphatic carbocycles. The van der Waals surface area contributed by atoms with E-state index in [1.54, 1.807) is 0 Å². The first-order chi connectivity index (χ1) is 4.41. The second-order valence-electron chi connectivity index (χ2n) is 1.01. The number of rotatable bonds is 4. The molecule has 0 aromatic rings. The van der Waals surface area contributed by atoms with Crippen LogP contribution >= 0.6 is 0 Å². The Morgan fingerprint density at radius 3 is 1.78 bits per heavy atom. The van der Waals surface area contributed by atoms with E-state index in [1.165, 1.54) is 6.79 Å². The third-order valence-electron chi connectivity index (χ3n) is 0.469. The Hall–Kier alpha value is 0.304. The van der Waals surface area contributed by atoms with E-state index in [0.717, 1.165) is 17.4 Å². The van der Waals surface area contributed by atoms with Crippen LogP contribution in [0.1, 0.15) is 13.8 Å². The molecule has 0 heterocycles. The van der Waals surface area contributed by atoms with Crippen LogP contribution in [0.15, 0.2) is 0 Å². The summed E-state index contributed by atoms with van der Waals surface area (Å²) in [6.45, 7) is 6.55. The molecule has 0 saturated carbocycles. The summed E-state index contributed by atoms with van der Waals surface area (Å²) in [7, 11) is 0. The summed E-state index contributed by atoms with van der Waals surface area (Å²) in [6, 6.07) is 0. The zero-order valence-corrected chi connectivity index (χ0v) is 7.06. The van der Waals surface area contributed by atoms with Crippen molar-refractivity contribution in [3.63, 3.8) is 0 Å². The number of hydrogen-bond acceptors (Lipinski definition) is 3. The molecule has 0 rings (SSSR count). The Labute approximate surface area is 64.9 Å². The molecule has 0 fully saturated rings. The molecular weight excluding hydrogens is 159 g/mol. The minimum atomic E-state index is 0.681. The average molecular weight is 170 g/mol. The van der Waals surface area contributed by atoms with Crippen molar-refractivity contribution < 1.29 is 30.5 Å². The summed E-state index contributed by atoms with van der Waals surface area (Å²) in [6.07, 6.45) is 0. The summed E-state index contributed by atoms with van der Waals surface area (Å²) in [5.41, 5.74) is 0. The monoisotopic (exact) mass is 170 g/mol. The molecule has 55 valence electrons. The minimum absolute atomic E-state index is 0.681. The Bertz CT molecular complexity index is 39.2. The summed E-state index contributed by atoms with van der Waals surface area (Å²) >= 11 is 1.06. The van der Waals surface area contributed by atoms with Crippen LogP contribution in [-0.2, 0) is 30.5 Å². The molecule has 0 aliphatic rings. The van der Waals surface area contributed by atoms with Gasteiger partial charge in [0.25, 0.3) is 0 Å². The average Bonchev–Trinajstić information content (AvgIpc) is 1.94. The van der Waals surface area contributed by atoms with E-state index in [1.807, 2.05) is 13.8 Å². The molecule has 0 spiro atoms. The van der Waals surface area contributed by atoms with Gasteiger partial charge in [0.15, 0.2) is 0 Å². The van der Waals surface area contributed by atoms with Gasteiger partial charge in [-0.25, -0.2) is 0 Å². The standard InChI is InChI=1S/C5H11O2.O.V/c1-3-6-5-7-4-2;;/h5H,3-4H2,1-2H3;;/q-1;;. The van der Waals surface area contributed by atoms with Crippen LogP contribution in [0.25, 0.3) is 0 Å². The molecule has 3 nitrogen and oxygen atoms in total. The van der Waals surface area contributed by atoms with E-state index in [4.69, 9.17) is 13.1 Å². The maximum atomic E-state index is 8.19. The van der Waals surface area contributed by atoms with Crippen LogP contribution < -0.4 is 0 Å². The molecule has 0 atom stereocenters. The second-order valence-corrected chi connectivity index (χ2v) is 1.01. The fourth-order valence-electron chi connectivity index (χ4n) is 0.184. The van der Waals surface area contributed by atoms with Crippen molar-refractivity contribution in [3.05, 3.63) is 6.79 Å². The fourth-order valence-corrected chi connectivity index (χ4v) is 0.184. The molecule has 0 aromatic heterocycles. The molecule has 0 saturated heterocycles. The van der Waals surface area contributed by atoms with Crippen LogP contribution in [0, 0.1) is 6.79 Å². The van der Waals surface area contributed by atoms with Crippen molar-refractivity contribution in [2.75, 3.05) is 13.2 Å². The normalized spacial score (nSPS) is 7.67. The van der Waals surface area contributed by atoms with Crippen molar-refractivity contribution >= 4 is 0 Å². The molecule has 0 amide bonds. The third kappa shape index (κ3) is 17.8. The van der Waals surface area contributed by atoms with Crippen molar-refractivity contribution in [1.29, 1.82) is 0 Å². The van der Waals surface area contributed by atoms with Crippen LogP contribution in [0.4, 0.5) is 0 Å². The van der Waals surface area contributed by atoms with E-state index in [2.05, 4.69) is 0 Å². The third-order valence-corrected chi connectivity index (χ3v) is 0.469. The number of hydrogen-bond donors (Lipinski definition) is 0. The second kappa shape index (κ2) is 15.7. The first kappa shape index (κ1) is 12.0. The molecule has 0 radical (unpaired) electrons. The summed E-state index contributed by atoms with van der Waals surface area (Å²) in [5.74, 6) is 0. The van der Waals surface area contributed by atoms with Gasteiger partial charge in [0.2, 0.25) is 0 Å². The molecule has 0 aliphatic heterocycles. The quantitative estimate of drug-likeness (QED) is 0.467. The van der Waals surface area contributed by atoms with E-state index >= 15 is 0 Å². The van der Waals surface area contributed by atoms with E-state index < -0.39 is 0 Å². The van der Waals surface area contributed by atoms with Crippen LogP contribution in [0.5, 0.6) is 0 Å². The van der Waals surface area contributed by atoms with Gasteiger partial charge in [-0.1, -0.05) is 6.79 Å². The van der Waals surface area contributed by atoms with Gasteiger partial charge in [0.1, 0.15) is 0 Å². The van der Waals surface area contributed by atoms with Gasteiger partial charge in [-0.05, 0) is 13.8 Å². The molecule has 0 N–H and O–H groups in total. The SMILES string of the molecule is CCO[CH-]OCC.[O]=[V]. The summed E-state index contributed by atoms with van der Waals surface area (Å²) in [5, 5.41) is 0. The van der Waals surface area contributed by atoms with Crippen molar-refractivity contribution in [3.8, 4) is 0 Å². The van der Waals surface area contributed by atoms with E-state index in [9.17, 15) is 0 Å². The number of ether oxygens (including phenoxy) is 2. The van der Waals surface area contributed by atoms with Crippen LogP contribution in [0.2, 0.25) is 0 Å². The fraction of sp³-hybridized carbons (Fsp3) is 0.800. The van der Waals surface area contributed by atoms with Gasteiger partial charge in [-0.3, -0.25) is 0 Å². The molecule has 4 heteroatoms. The van der Waals surface area contributed by atoms with Crippen LogP contribution in [-0.4, -0.2) is 13.2 Å². The molecule has 0 bridgehead atoms. The van der Waals surface area contributed by atoms with Crippen molar-refractivity contribution in [2.45, 2.75) is 13.8 Å². The summed E-state index contributed by atoms with van der Waals surface area (Å²) < 4.78 is 17.6. The van der Waals surface area contributed by atoms with Crippen molar-refractivity contribution in [1.82, 2.24) is 0 Å². The van der Waals surface area contributed by atoms with Gasteiger partial charge in [0.05, 0.1) is 0 Å². The van der Waals surface area contributed by atoms with Gasteiger partial charge in [-0.15, -0.1) is 0 Å². The topological polar surface area (TPSA) is 35.5 Å². The van der Waals surface area contributed by atoms with Gasteiger partial charge in [-0.2, -0.15) is 0 Å². The zero-order valence-electron chi connectivity index (χ0n) is 5.66. The van der Waals surface area contributed by atoms with E-state index in [-0.39, 0.29) is 0 Å². The Kier molecular flexibility index (Phi) is 21.0. The Morgan fingerprint density at radius 1 is 1.22 bits per heavy atom. The Morgan fingerprint density at radius 2 is 1.56 bits per heavy atom. The zero-order chi connectivity index (χ0) is 7.54. The van der Waals surface area contributed by atoms with Gasteiger partial charge < -0.3 is 9.47 Å². The summed E-state index contributed by atoms with van der Waals surface area (Å²) in [4.78, 5) is 0. The van der Waals surface area contributed by atoms with Crippen LogP contribution in [0.3, 0.4) is 0 Å². The Balaban J connectivity index is 0. The predicted molar refractivity (Wildman–Crippen MR) is 28.2 cm³/mol. The van der Waals surface area contributed by atoms with Gasteiger partial charge in [0, 0.05) is 13.2 Å².